The Morgan fingerprint density at radius 3 is 2.74 bits per heavy atom. The van der Waals surface area contributed by atoms with Crippen LogP contribution in [0.5, 0.6) is 11.6 Å². The molecule has 1 saturated carbocycles. The zero-order valence-electron chi connectivity index (χ0n) is 19.9. The van der Waals surface area contributed by atoms with Crippen molar-refractivity contribution in [1.29, 1.82) is 0 Å². The largest absolute Gasteiger partial charge is 0.489 e. The first kappa shape index (κ1) is 23.3. The van der Waals surface area contributed by atoms with E-state index in [0.717, 1.165) is 30.6 Å². The first-order chi connectivity index (χ1) is 17.0. The molecule has 8 nitrogen and oxygen atoms in total. The third-order valence-corrected chi connectivity index (χ3v) is 6.63. The van der Waals surface area contributed by atoms with E-state index in [9.17, 15) is 9.18 Å². The number of Topliss-reactive ketones (excluding diaryl/α,β-unsaturated/α-hetero) is 1. The van der Waals surface area contributed by atoms with Crippen LogP contribution in [-0.2, 0) is 0 Å². The van der Waals surface area contributed by atoms with Gasteiger partial charge in [0.1, 0.15) is 23.9 Å². The average Bonchev–Trinajstić information content (AvgIpc) is 3.40. The molecule has 2 atom stereocenters. The van der Waals surface area contributed by atoms with Crippen LogP contribution in [0.1, 0.15) is 60.2 Å². The van der Waals surface area contributed by atoms with Gasteiger partial charge in [0.15, 0.2) is 11.6 Å². The van der Waals surface area contributed by atoms with Gasteiger partial charge in [-0.25, -0.2) is 4.98 Å². The number of halogens is 1. The van der Waals surface area contributed by atoms with E-state index >= 15 is 0 Å². The fraction of sp³-hybridized carbons (Fsp3) is 0.462. The fourth-order valence-electron chi connectivity index (χ4n) is 4.30. The second-order valence-electron chi connectivity index (χ2n) is 9.44. The summed E-state index contributed by atoms with van der Waals surface area (Å²) in [5, 5.41) is 3.68. The van der Waals surface area contributed by atoms with E-state index in [1.165, 1.54) is 12.5 Å². The maximum Gasteiger partial charge on any atom is 0.255 e. The van der Waals surface area contributed by atoms with E-state index in [0.29, 0.717) is 43.4 Å². The molecule has 2 aliphatic rings. The Bertz CT molecular complexity index is 1180. The van der Waals surface area contributed by atoms with Crippen LogP contribution in [-0.4, -0.2) is 46.7 Å². The van der Waals surface area contributed by atoms with E-state index in [4.69, 9.17) is 14.0 Å². The van der Waals surface area contributed by atoms with Crippen LogP contribution in [0.25, 0.3) is 0 Å². The van der Waals surface area contributed by atoms with Gasteiger partial charge in [0.25, 0.3) is 5.88 Å². The lowest BCUT2D eigenvalue weighted by molar-refractivity contribution is 0.0974. The van der Waals surface area contributed by atoms with Gasteiger partial charge in [-0.3, -0.25) is 4.79 Å². The number of carbonyl (C=O) groups excluding carboxylic acids is 1. The monoisotopic (exact) mass is 480 g/mol. The second-order valence-corrected chi connectivity index (χ2v) is 9.44. The van der Waals surface area contributed by atoms with Crippen molar-refractivity contribution in [2.24, 2.45) is 5.92 Å². The quantitative estimate of drug-likeness (QED) is 0.385. The molecule has 184 valence electrons. The third kappa shape index (κ3) is 5.44. The SMILES string of the molecule is Cc1oncc1C(=O)C[C@@H](C)c1ccc(OC2CCN(c3ncnc(OCC4CC4)c3F)C2)cc1. The van der Waals surface area contributed by atoms with Gasteiger partial charge in [0.05, 0.1) is 24.9 Å². The van der Waals surface area contributed by atoms with E-state index < -0.39 is 5.82 Å². The maximum atomic E-state index is 14.9. The highest BCUT2D eigenvalue weighted by Gasteiger charge is 2.29. The van der Waals surface area contributed by atoms with E-state index in [-0.39, 0.29) is 29.5 Å². The van der Waals surface area contributed by atoms with Crippen LogP contribution in [0.2, 0.25) is 0 Å². The lowest BCUT2D eigenvalue weighted by atomic mass is 9.93. The Morgan fingerprint density at radius 2 is 2.03 bits per heavy atom. The topological polar surface area (TPSA) is 90.6 Å². The molecule has 9 heteroatoms. The Kier molecular flexibility index (Phi) is 6.66. The van der Waals surface area contributed by atoms with Crippen molar-refractivity contribution in [1.82, 2.24) is 15.1 Å². The van der Waals surface area contributed by atoms with Crippen molar-refractivity contribution in [2.45, 2.75) is 51.6 Å². The van der Waals surface area contributed by atoms with Gasteiger partial charge < -0.3 is 18.9 Å². The molecule has 0 radical (unpaired) electrons. The molecular weight excluding hydrogens is 451 g/mol. The average molecular weight is 481 g/mol. The highest BCUT2D eigenvalue weighted by molar-refractivity contribution is 5.97. The minimum absolute atomic E-state index is 0.0145. The van der Waals surface area contributed by atoms with Crippen LogP contribution < -0.4 is 14.4 Å². The molecule has 3 aromatic rings. The number of ether oxygens (including phenoxy) is 2. The third-order valence-electron chi connectivity index (χ3n) is 6.63. The number of ketones is 1. The zero-order chi connectivity index (χ0) is 24.4. The summed E-state index contributed by atoms with van der Waals surface area (Å²) in [6, 6.07) is 7.79. The minimum Gasteiger partial charge on any atom is -0.489 e. The van der Waals surface area contributed by atoms with Crippen LogP contribution in [0.3, 0.4) is 0 Å². The Morgan fingerprint density at radius 1 is 1.23 bits per heavy atom. The van der Waals surface area contributed by atoms with Gasteiger partial charge in [-0.2, -0.15) is 9.37 Å². The molecule has 0 spiro atoms. The van der Waals surface area contributed by atoms with Crippen molar-refractivity contribution in [3.8, 4) is 11.6 Å². The van der Waals surface area contributed by atoms with Crippen LogP contribution in [0, 0.1) is 18.7 Å². The van der Waals surface area contributed by atoms with E-state index in [1.807, 2.05) is 36.1 Å². The van der Waals surface area contributed by atoms with Crippen molar-refractivity contribution in [2.75, 3.05) is 24.6 Å². The molecule has 5 rings (SSSR count). The Labute approximate surface area is 203 Å². The predicted molar refractivity (Wildman–Crippen MR) is 126 cm³/mol. The molecule has 0 N–H and O–H groups in total. The number of rotatable bonds is 10. The smallest absolute Gasteiger partial charge is 0.255 e. The first-order valence-corrected chi connectivity index (χ1v) is 12.1. The summed E-state index contributed by atoms with van der Waals surface area (Å²) in [6.07, 6.45) is 6.13. The van der Waals surface area contributed by atoms with Crippen molar-refractivity contribution >= 4 is 11.6 Å². The number of aromatic nitrogens is 3. The van der Waals surface area contributed by atoms with Gasteiger partial charge >= 0.3 is 0 Å². The van der Waals surface area contributed by atoms with Crippen LogP contribution >= 0.6 is 0 Å². The summed E-state index contributed by atoms with van der Waals surface area (Å²) in [4.78, 5) is 22.5. The van der Waals surface area contributed by atoms with Crippen molar-refractivity contribution < 1.29 is 23.2 Å². The van der Waals surface area contributed by atoms with Gasteiger partial charge in [-0.15, -0.1) is 0 Å². The fourth-order valence-corrected chi connectivity index (χ4v) is 4.30. The van der Waals surface area contributed by atoms with E-state index in [1.54, 1.807) is 6.92 Å². The molecule has 1 saturated heterocycles. The first-order valence-electron chi connectivity index (χ1n) is 12.1. The molecule has 1 aromatic carbocycles. The Balaban J connectivity index is 1.15. The summed E-state index contributed by atoms with van der Waals surface area (Å²) in [5.74, 6) is 1.63. The zero-order valence-corrected chi connectivity index (χ0v) is 19.9. The number of benzene rings is 1. The summed E-state index contributed by atoms with van der Waals surface area (Å²) in [5.41, 5.74) is 1.58. The number of hydrogen-bond donors (Lipinski definition) is 0. The number of hydrogen-bond acceptors (Lipinski definition) is 8. The van der Waals surface area contributed by atoms with E-state index in [2.05, 4.69) is 15.1 Å². The second kappa shape index (κ2) is 10.0. The molecule has 3 heterocycles. The number of anilines is 1. The molecule has 2 aromatic heterocycles. The maximum absolute atomic E-state index is 14.9. The van der Waals surface area contributed by atoms with Gasteiger partial charge in [0.2, 0.25) is 5.82 Å². The number of nitrogens with zero attached hydrogens (tertiary/aromatic N) is 4. The normalized spacial score (nSPS) is 18.5. The number of aryl methyl sites for hydroxylation is 1. The lowest BCUT2D eigenvalue weighted by Gasteiger charge is -2.19. The van der Waals surface area contributed by atoms with Gasteiger partial charge in [0, 0.05) is 19.4 Å². The van der Waals surface area contributed by atoms with Crippen molar-refractivity contribution in [3.05, 3.63) is 59.5 Å². The van der Waals surface area contributed by atoms with Crippen molar-refractivity contribution in [3.63, 3.8) is 0 Å². The van der Waals surface area contributed by atoms with Crippen LogP contribution in [0.4, 0.5) is 10.2 Å². The molecule has 1 aliphatic carbocycles. The summed E-state index contributed by atoms with van der Waals surface area (Å²) in [7, 11) is 0. The Hall–Kier alpha value is -3.49. The summed E-state index contributed by atoms with van der Waals surface area (Å²) < 4.78 is 31.6. The molecule has 35 heavy (non-hydrogen) atoms. The molecule has 1 aliphatic heterocycles. The standard InChI is InChI=1S/C26H29FN4O4/c1-16(11-23(32)22-12-30-35-17(22)2)19-5-7-20(8-6-19)34-21-9-10-31(13-21)25-24(27)26(29-15-28-25)33-14-18-3-4-18/h5-8,12,15-16,18,21H,3-4,9-11,13-14H2,1-2H3/t16-,21?/m1/s1. The summed E-state index contributed by atoms with van der Waals surface area (Å²) >= 11 is 0. The highest BCUT2D eigenvalue weighted by Crippen LogP contribution is 2.32. The number of carbonyl (C=O) groups is 1. The van der Waals surface area contributed by atoms with Crippen LogP contribution in [0.15, 0.2) is 41.3 Å². The summed E-state index contributed by atoms with van der Waals surface area (Å²) in [6.45, 7) is 5.43. The minimum atomic E-state index is -0.511. The highest BCUT2D eigenvalue weighted by atomic mass is 19.1. The van der Waals surface area contributed by atoms with Gasteiger partial charge in [-0.1, -0.05) is 24.2 Å². The molecule has 0 amide bonds. The molecule has 0 bridgehead atoms. The molecule has 1 unspecified atom stereocenters. The molecular formula is C26H29FN4O4. The lowest BCUT2D eigenvalue weighted by Crippen LogP contribution is -2.26. The molecule has 2 fully saturated rings. The predicted octanol–water partition coefficient (Wildman–Crippen LogP) is 4.74. The van der Waals surface area contributed by atoms with Gasteiger partial charge in [-0.05, 0) is 49.3 Å².